The first kappa shape index (κ1) is 22.1. The molecule has 1 amide bonds. The lowest BCUT2D eigenvalue weighted by Crippen LogP contribution is -2.41. The second-order valence-corrected chi connectivity index (χ2v) is 10.3. The van der Waals surface area contributed by atoms with Crippen LogP contribution >= 0.6 is 0 Å². The Kier molecular flexibility index (Phi) is 6.00. The van der Waals surface area contributed by atoms with E-state index in [2.05, 4.69) is 78.2 Å². The summed E-state index contributed by atoms with van der Waals surface area (Å²) in [5.74, 6) is 1.47. The maximum atomic E-state index is 12.8. The fourth-order valence-corrected chi connectivity index (χ4v) is 5.85. The number of nitrogens with one attached hydrogen (secondary N) is 2. The van der Waals surface area contributed by atoms with Crippen LogP contribution in [0.4, 0.5) is 0 Å². The Hall–Kier alpha value is -2.66. The number of H-pyrrole nitrogens is 1. The van der Waals surface area contributed by atoms with Crippen molar-refractivity contribution in [3.05, 3.63) is 52.8 Å². The molecule has 2 aliphatic rings. The molecule has 0 bridgehead atoms. The number of rotatable bonds is 4. The molecule has 5 nitrogen and oxygen atoms in total. The third kappa shape index (κ3) is 4.31. The minimum absolute atomic E-state index is 0.185. The normalized spacial score (nSPS) is 19.7. The van der Waals surface area contributed by atoms with E-state index >= 15 is 0 Å². The summed E-state index contributed by atoms with van der Waals surface area (Å²) in [5.41, 5.74) is 8.53. The number of carbonyl (C=O) groups is 1. The highest BCUT2D eigenvalue weighted by Gasteiger charge is 2.30. The minimum Gasteiger partial charge on any atom is -0.354 e. The van der Waals surface area contributed by atoms with E-state index in [0.29, 0.717) is 17.7 Å². The number of nitrogens with zero attached hydrogens (tertiary/aromatic N) is 2. The number of pyridine rings is 1. The number of hydrogen-bond donors (Lipinski definition) is 2. The molecule has 1 aromatic carbocycles. The van der Waals surface area contributed by atoms with Gasteiger partial charge in [0.2, 0.25) is 5.91 Å². The maximum Gasteiger partial charge on any atom is 0.227 e. The van der Waals surface area contributed by atoms with E-state index < -0.39 is 0 Å². The van der Waals surface area contributed by atoms with Crippen LogP contribution in [0.15, 0.2) is 30.3 Å². The number of aryl methyl sites for hydroxylation is 2. The molecule has 4 heterocycles. The molecule has 33 heavy (non-hydrogen) atoms. The van der Waals surface area contributed by atoms with E-state index in [1.807, 2.05) is 0 Å². The van der Waals surface area contributed by atoms with Gasteiger partial charge in [-0.25, -0.2) is 0 Å². The molecule has 0 aliphatic carbocycles. The molecule has 174 valence electrons. The van der Waals surface area contributed by atoms with Gasteiger partial charge in [0.05, 0.1) is 11.6 Å². The van der Waals surface area contributed by atoms with Crippen LogP contribution in [0.2, 0.25) is 0 Å². The molecule has 2 N–H and O–H groups in total. The van der Waals surface area contributed by atoms with Crippen LogP contribution in [0.1, 0.15) is 67.5 Å². The van der Waals surface area contributed by atoms with Gasteiger partial charge < -0.3 is 15.2 Å². The van der Waals surface area contributed by atoms with Gasteiger partial charge in [-0.3, -0.25) is 9.78 Å². The Morgan fingerprint density at radius 1 is 1.06 bits per heavy atom. The lowest BCUT2D eigenvalue weighted by atomic mass is 9.87. The molecule has 0 unspecified atom stereocenters. The van der Waals surface area contributed by atoms with Gasteiger partial charge in [-0.2, -0.15) is 0 Å². The Bertz CT molecular complexity index is 1140. The molecule has 5 heteroatoms. The average Bonchev–Trinajstić information content (AvgIpc) is 3.46. The molecule has 0 spiro atoms. The average molecular weight is 445 g/mol. The van der Waals surface area contributed by atoms with Crippen molar-refractivity contribution in [3.8, 4) is 11.3 Å². The third-order valence-electron chi connectivity index (χ3n) is 7.50. The summed E-state index contributed by atoms with van der Waals surface area (Å²) in [7, 11) is 0. The smallest absolute Gasteiger partial charge is 0.227 e. The highest BCUT2D eigenvalue weighted by atomic mass is 16.2. The van der Waals surface area contributed by atoms with Crippen molar-refractivity contribution in [2.75, 3.05) is 26.2 Å². The highest BCUT2D eigenvalue weighted by molar-refractivity contribution is 5.92. The number of amides is 1. The molecular weight excluding hydrogens is 408 g/mol. The van der Waals surface area contributed by atoms with Gasteiger partial charge in [0.25, 0.3) is 0 Å². The summed E-state index contributed by atoms with van der Waals surface area (Å²) in [5, 5.41) is 4.66. The maximum absolute atomic E-state index is 12.8. The van der Waals surface area contributed by atoms with Gasteiger partial charge >= 0.3 is 0 Å². The standard InChI is InChI=1S/C28H36N4O/c1-17(2)26-24-15-21(20-8-11-32(12-9-20)28(33)22-7-10-29-16-22)5-6-25(24)31-27(26)23-13-18(3)30-19(4)14-23/h5-6,13-15,17,20,22,29,31H,7-12,16H2,1-4H3/t22-/m0/s1. The Morgan fingerprint density at radius 2 is 1.79 bits per heavy atom. The lowest BCUT2D eigenvalue weighted by molar-refractivity contribution is -0.136. The number of likely N-dealkylation sites (tertiary alicyclic amines) is 1. The number of aromatic amines is 1. The van der Waals surface area contributed by atoms with Crippen molar-refractivity contribution in [2.45, 2.75) is 58.8 Å². The monoisotopic (exact) mass is 444 g/mol. The Balaban J connectivity index is 1.41. The van der Waals surface area contributed by atoms with Crippen molar-refractivity contribution in [3.63, 3.8) is 0 Å². The van der Waals surface area contributed by atoms with Gasteiger partial charge in [0.15, 0.2) is 0 Å². The number of hydrogen-bond acceptors (Lipinski definition) is 3. The number of benzene rings is 1. The van der Waals surface area contributed by atoms with E-state index in [-0.39, 0.29) is 5.92 Å². The van der Waals surface area contributed by atoms with Gasteiger partial charge in [-0.1, -0.05) is 19.9 Å². The van der Waals surface area contributed by atoms with E-state index in [4.69, 9.17) is 0 Å². The van der Waals surface area contributed by atoms with E-state index in [1.54, 1.807) is 0 Å². The SMILES string of the molecule is Cc1cc(-c2[nH]c3ccc(C4CCN(C(=O)[C@H]5CCNC5)CC4)cc3c2C(C)C)cc(C)n1. The molecule has 2 saturated heterocycles. The summed E-state index contributed by atoms with van der Waals surface area (Å²) in [6.07, 6.45) is 3.09. The number of aromatic nitrogens is 2. The summed E-state index contributed by atoms with van der Waals surface area (Å²) in [6.45, 7) is 12.3. The first-order valence-electron chi connectivity index (χ1n) is 12.5. The van der Waals surface area contributed by atoms with Crippen LogP contribution in [0.5, 0.6) is 0 Å². The predicted octanol–water partition coefficient (Wildman–Crippen LogP) is 5.29. The van der Waals surface area contributed by atoms with Gasteiger partial charge in [0, 0.05) is 47.5 Å². The second kappa shape index (κ2) is 8.94. The van der Waals surface area contributed by atoms with Crippen molar-refractivity contribution in [2.24, 2.45) is 5.92 Å². The van der Waals surface area contributed by atoms with Gasteiger partial charge in [-0.15, -0.1) is 0 Å². The predicted molar refractivity (Wildman–Crippen MR) is 135 cm³/mol. The summed E-state index contributed by atoms with van der Waals surface area (Å²) in [6, 6.07) is 11.3. The first-order chi connectivity index (χ1) is 15.9. The molecule has 3 aromatic rings. The number of fused-ring (bicyclic) bond motifs is 1. The van der Waals surface area contributed by atoms with Crippen LogP contribution in [-0.2, 0) is 4.79 Å². The Labute approximate surface area is 197 Å². The lowest BCUT2D eigenvalue weighted by Gasteiger charge is -2.33. The first-order valence-corrected chi connectivity index (χ1v) is 12.5. The fraction of sp³-hybridized carbons (Fsp3) is 0.500. The largest absolute Gasteiger partial charge is 0.354 e. The van der Waals surface area contributed by atoms with E-state index in [0.717, 1.165) is 56.8 Å². The van der Waals surface area contributed by atoms with Crippen molar-refractivity contribution in [1.29, 1.82) is 0 Å². The van der Waals surface area contributed by atoms with Crippen molar-refractivity contribution in [1.82, 2.24) is 20.2 Å². The molecule has 0 radical (unpaired) electrons. The number of piperidine rings is 1. The number of carbonyl (C=O) groups excluding carboxylic acids is 1. The summed E-state index contributed by atoms with van der Waals surface area (Å²) < 4.78 is 0. The molecule has 2 aliphatic heterocycles. The van der Waals surface area contributed by atoms with Crippen LogP contribution in [0, 0.1) is 19.8 Å². The van der Waals surface area contributed by atoms with E-state index in [1.165, 1.54) is 33.3 Å². The topological polar surface area (TPSA) is 61.0 Å². The minimum atomic E-state index is 0.185. The van der Waals surface area contributed by atoms with Crippen molar-refractivity contribution >= 4 is 16.8 Å². The summed E-state index contributed by atoms with van der Waals surface area (Å²) in [4.78, 5) is 23.2. The molecule has 1 atom stereocenters. The summed E-state index contributed by atoms with van der Waals surface area (Å²) >= 11 is 0. The second-order valence-electron chi connectivity index (χ2n) is 10.3. The molecule has 0 saturated carbocycles. The molecule has 2 fully saturated rings. The fourth-order valence-electron chi connectivity index (χ4n) is 5.85. The zero-order valence-corrected chi connectivity index (χ0v) is 20.4. The van der Waals surface area contributed by atoms with Crippen LogP contribution in [0.25, 0.3) is 22.2 Å². The molecule has 2 aromatic heterocycles. The van der Waals surface area contributed by atoms with E-state index in [9.17, 15) is 4.79 Å². The highest BCUT2D eigenvalue weighted by Crippen LogP contribution is 2.38. The van der Waals surface area contributed by atoms with Gasteiger partial charge in [-0.05, 0) is 86.9 Å². The van der Waals surface area contributed by atoms with Gasteiger partial charge in [0.1, 0.15) is 0 Å². The van der Waals surface area contributed by atoms with Crippen LogP contribution in [-0.4, -0.2) is 47.0 Å². The molecular formula is C28H36N4O. The molecule has 5 rings (SSSR count). The Morgan fingerprint density at radius 3 is 2.42 bits per heavy atom. The zero-order valence-electron chi connectivity index (χ0n) is 20.4. The van der Waals surface area contributed by atoms with Crippen LogP contribution < -0.4 is 5.32 Å². The quantitative estimate of drug-likeness (QED) is 0.575. The van der Waals surface area contributed by atoms with Crippen LogP contribution in [0.3, 0.4) is 0 Å². The third-order valence-corrected chi connectivity index (χ3v) is 7.50. The van der Waals surface area contributed by atoms with Crippen molar-refractivity contribution < 1.29 is 4.79 Å². The zero-order chi connectivity index (χ0) is 23.1.